The van der Waals surface area contributed by atoms with Crippen LogP contribution >= 0.6 is 0 Å². The largest absolute Gasteiger partial charge is 0.458 e. The maximum atomic E-state index is 12.3. The first-order valence-electron chi connectivity index (χ1n) is 7.12. The van der Waals surface area contributed by atoms with Crippen molar-refractivity contribution in [3.8, 4) is 0 Å². The molecule has 3 fully saturated rings. The minimum Gasteiger partial charge on any atom is -0.458 e. The summed E-state index contributed by atoms with van der Waals surface area (Å²) in [6, 6.07) is 0. The van der Waals surface area contributed by atoms with Crippen LogP contribution in [-0.2, 0) is 23.9 Å². The fourth-order valence-electron chi connectivity index (χ4n) is 3.65. The lowest BCUT2D eigenvalue weighted by Crippen LogP contribution is -2.40. The molecular weight excluding hydrogens is 319 g/mol. The summed E-state index contributed by atoms with van der Waals surface area (Å²) in [5.74, 6) is -2.69. The van der Waals surface area contributed by atoms with Gasteiger partial charge in [0.05, 0.1) is 5.92 Å². The second kappa shape index (κ2) is 5.24. The van der Waals surface area contributed by atoms with Crippen LogP contribution in [0.4, 0.5) is 13.2 Å². The summed E-state index contributed by atoms with van der Waals surface area (Å²) in [4.78, 5) is 34.5. The van der Waals surface area contributed by atoms with Gasteiger partial charge in [-0.25, -0.2) is 0 Å². The van der Waals surface area contributed by atoms with Gasteiger partial charge in [-0.2, -0.15) is 13.2 Å². The van der Waals surface area contributed by atoms with Crippen molar-refractivity contribution in [2.75, 3.05) is 6.54 Å². The molecule has 1 aliphatic heterocycles. The maximum absolute atomic E-state index is 12.3. The zero-order chi connectivity index (χ0) is 16.9. The number of amides is 1. The highest BCUT2D eigenvalue weighted by molar-refractivity contribution is 5.95. The molecule has 5 unspecified atom stereocenters. The molecule has 1 heterocycles. The molecule has 6 nitrogen and oxygen atoms in total. The molecule has 9 heteroatoms. The summed E-state index contributed by atoms with van der Waals surface area (Å²) in [5.41, 5.74) is -1.59. The van der Waals surface area contributed by atoms with E-state index in [1.807, 2.05) is 5.32 Å². The third-order valence-corrected chi connectivity index (χ3v) is 4.69. The molecule has 2 aliphatic carbocycles. The van der Waals surface area contributed by atoms with Gasteiger partial charge >= 0.3 is 18.1 Å². The van der Waals surface area contributed by atoms with E-state index in [1.165, 1.54) is 0 Å². The number of halogens is 3. The zero-order valence-electron chi connectivity index (χ0n) is 11.9. The van der Waals surface area contributed by atoms with Gasteiger partial charge in [-0.05, 0) is 12.8 Å². The molecule has 23 heavy (non-hydrogen) atoms. The van der Waals surface area contributed by atoms with Gasteiger partial charge < -0.3 is 14.8 Å². The fourth-order valence-corrected chi connectivity index (χ4v) is 3.65. The van der Waals surface area contributed by atoms with Crippen LogP contribution in [0.5, 0.6) is 0 Å². The van der Waals surface area contributed by atoms with E-state index >= 15 is 0 Å². The molecular formula is C14H14F3NO5. The highest BCUT2D eigenvalue weighted by atomic mass is 19.4. The normalized spacial score (nSPS) is 34.2. The molecule has 0 aromatic heterocycles. The van der Waals surface area contributed by atoms with Crippen molar-refractivity contribution >= 4 is 17.8 Å². The first kappa shape index (κ1) is 15.8. The average Bonchev–Trinajstić information content (AvgIpc) is 3.07. The predicted molar refractivity (Wildman–Crippen MR) is 67.7 cm³/mol. The van der Waals surface area contributed by atoms with Crippen molar-refractivity contribution in [3.05, 3.63) is 12.2 Å². The quantitative estimate of drug-likeness (QED) is 0.605. The van der Waals surface area contributed by atoms with Gasteiger partial charge in [0, 0.05) is 11.8 Å². The number of carbonyl (C=O) groups excluding carboxylic acids is 3. The molecule has 2 bridgehead atoms. The van der Waals surface area contributed by atoms with Gasteiger partial charge in [0.2, 0.25) is 0 Å². The molecule has 1 saturated heterocycles. The highest BCUT2D eigenvalue weighted by Crippen LogP contribution is 2.55. The third-order valence-electron chi connectivity index (χ3n) is 4.69. The van der Waals surface area contributed by atoms with Crippen molar-refractivity contribution in [1.82, 2.24) is 5.32 Å². The fraction of sp³-hybridized carbons (Fsp3) is 0.643. The Hall–Kier alpha value is -2.06. The topological polar surface area (TPSA) is 81.7 Å². The number of fused-ring (bicyclic) bond motifs is 1. The number of nitrogens with one attached hydrogen (secondary N) is 1. The van der Waals surface area contributed by atoms with E-state index in [0.717, 1.165) is 6.42 Å². The van der Waals surface area contributed by atoms with Gasteiger partial charge in [-0.15, -0.1) is 0 Å². The second-order valence-corrected chi connectivity index (χ2v) is 6.02. The maximum Gasteiger partial charge on any atom is 0.421 e. The highest BCUT2D eigenvalue weighted by Gasteiger charge is 2.63. The second-order valence-electron chi connectivity index (χ2n) is 6.02. The summed E-state index contributed by atoms with van der Waals surface area (Å²) in [7, 11) is 0. The lowest BCUT2D eigenvalue weighted by atomic mass is 9.88. The molecule has 0 spiro atoms. The van der Waals surface area contributed by atoms with Gasteiger partial charge in [-0.3, -0.25) is 14.4 Å². The standard InChI is InChI=1S/C14H14F3NO5/c1-5(14(15,16)17)12(20)18-4-9(19)22-10-6-2-7-8(3-6)13(21)23-11(7)10/h6-8,10-11H,1-4H2,(H,18,20). The first-order chi connectivity index (χ1) is 10.7. The predicted octanol–water partition coefficient (Wildman–Crippen LogP) is 0.714. The summed E-state index contributed by atoms with van der Waals surface area (Å²) >= 11 is 0. The Labute approximate surface area is 129 Å². The smallest absolute Gasteiger partial charge is 0.421 e. The Morgan fingerprint density at radius 1 is 1.35 bits per heavy atom. The van der Waals surface area contributed by atoms with Crippen LogP contribution in [0.15, 0.2) is 12.2 Å². The zero-order valence-corrected chi connectivity index (χ0v) is 11.9. The van der Waals surface area contributed by atoms with Crippen molar-refractivity contribution in [1.29, 1.82) is 0 Å². The first-order valence-corrected chi connectivity index (χ1v) is 7.12. The Kier molecular flexibility index (Phi) is 3.61. The number of ether oxygens (including phenoxy) is 2. The Balaban J connectivity index is 1.50. The van der Waals surface area contributed by atoms with Crippen molar-refractivity contribution < 1.29 is 37.0 Å². The number of esters is 2. The van der Waals surface area contributed by atoms with Crippen molar-refractivity contribution in [3.63, 3.8) is 0 Å². The van der Waals surface area contributed by atoms with Crippen molar-refractivity contribution in [2.24, 2.45) is 17.8 Å². The monoisotopic (exact) mass is 333 g/mol. The van der Waals surface area contributed by atoms with Crippen LogP contribution in [0.2, 0.25) is 0 Å². The lowest BCUT2D eigenvalue weighted by Gasteiger charge is -2.25. The van der Waals surface area contributed by atoms with Crippen LogP contribution in [-0.4, -0.2) is 42.8 Å². The SMILES string of the molecule is C=C(C(=O)NCC(=O)OC1C2CC3C(=O)OC1C3C2)C(F)(F)F. The van der Waals surface area contributed by atoms with Gasteiger partial charge in [0.1, 0.15) is 24.3 Å². The summed E-state index contributed by atoms with van der Waals surface area (Å²) in [6.07, 6.45) is -4.59. The molecule has 1 amide bonds. The molecule has 0 radical (unpaired) electrons. The average molecular weight is 333 g/mol. The Morgan fingerprint density at radius 2 is 2.04 bits per heavy atom. The van der Waals surface area contributed by atoms with Gasteiger partial charge in [-0.1, -0.05) is 6.58 Å². The van der Waals surface area contributed by atoms with E-state index in [4.69, 9.17) is 9.47 Å². The molecule has 1 N–H and O–H groups in total. The van der Waals surface area contributed by atoms with Crippen LogP contribution in [0.1, 0.15) is 12.8 Å². The molecule has 3 aliphatic rings. The van der Waals surface area contributed by atoms with Crippen molar-refractivity contribution in [2.45, 2.75) is 31.2 Å². The van der Waals surface area contributed by atoms with Gasteiger partial charge in [0.15, 0.2) is 0 Å². The lowest BCUT2D eigenvalue weighted by molar-refractivity contribution is -0.161. The molecule has 5 atom stereocenters. The number of rotatable bonds is 4. The minimum atomic E-state index is -4.86. The van der Waals surface area contributed by atoms with Crippen LogP contribution in [0.3, 0.4) is 0 Å². The summed E-state index contributed by atoms with van der Waals surface area (Å²) < 4.78 is 47.2. The molecule has 0 aromatic carbocycles. The molecule has 3 rings (SSSR count). The Bertz CT molecular complexity index is 587. The van der Waals surface area contributed by atoms with Crippen LogP contribution < -0.4 is 5.32 Å². The minimum absolute atomic E-state index is 0.0197. The number of alkyl halides is 3. The third kappa shape index (κ3) is 2.68. The molecule has 2 saturated carbocycles. The summed E-state index contributed by atoms with van der Waals surface area (Å²) in [5, 5.41) is 1.82. The Morgan fingerprint density at radius 3 is 2.70 bits per heavy atom. The number of hydrogen-bond donors (Lipinski definition) is 1. The van der Waals surface area contributed by atoms with E-state index in [-0.39, 0.29) is 23.7 Å². The van der Waals surface area contributed by atoms with E-state index in [1.54, 1.807) is 0 Å². The summed E-state index contributed by atoms with van der Waals surface area (Å²) in [6.45, 7) is 1.93. The van der Waals surface area contributed by atoms with E-state index in [0.29, 0.717) is 6.42 Å². The van der Waals surface area contributed by atoms with Crippen LogP contribution in [0, 0.1) is 17.8 Å². The number of hydrogen-bond acceptors (Lipinski definition) is 5. The van der Waals surface area contributed by atoms with E-state index in [2.05, 4.69) is 6.58 Å². The molecule has 0 aromatic rings. The van der Waals surface area contributed by atoms with Gasteiger partial charge in [0.25, 0.3) is 5.91 Å². The van der Waals surface area contributed by atoms with E-state index in [9.17, 15) is 27.6 Å². The number of carbonyl (C=O) groups is 3. The molecule has 126 valence electrons. The van der Waals surface area contributed by atoms with E-state index < -0.39 is 42.4 Å². The van der Waals surface area contributed by atoms with Crippen LogP contribution in [0.25, 0.3) is 0 Å².